The molecule has 1 saturated heterocycles. The Balaban J connectivity index is 1.29. The van der Waals surface area contributed by atoms with Gasteiger partial charge in [0.15, 0.2) is 0 Å². The van der Waals surface area contributed by atoms with E-state index in [0.29, 0.717) is 18.8 Å². The van der Waals surface area contributed by atoms with Crippen LogP contribution in [-0.4, -0.2) is 34.7 Å². The summed E-state index contributed by atoms with van der Waals surface area (Å²) in [5.74, 6) is -0.498. The van der Waals surface area contributed by atoms with Crippen molar-refractivity contribution in [2.24, 2.45) is 5.92 Å². The predicted molar refractivity (Wildman–Crippen MR) is 99.8 cm³/mol. The number of benzene rings is 1. The highest BCUT2D eigenvalue weighted by molar-refractivity contribution is 6.00. The van der Waals surface area contributed by atoms with E-state index in [-0.39, 0.29) is 24.8 Å². The summed E-state index contributed by atoms with van der Waals surface area (Å²) in [6, 6.07) is 9.49. The van der Waals surface area contributed by atoms with Gasteiger partial charge < -0.3 is 14.6 Å². The Morgan fingerprint density at radius 1 is 1.32 bits per heavy atom. The van der Waals surface area contributed by atoms with E-state index in [9.17, 15) is 14.0 Å². The molecule has 0 saturated carbocycles. The fourth-order valence-electron chi connectivity index (χ4n) is 3.27. The molecule has 3 heterocycles. The second kappa shape index (κ2) is 7.67. The third-order valence-electron chi connectivity index (χ3n) is 4.69. The number of nitrogens with one attached hydrogen (secondary N) is 1. The van der Waals surface area contributed by atoms with E-state index in [1.54, 1.807) is 29.3 Å². The van der Waals surface area contributed by atoms with Gasteiger partial charge in [-0.15, -0.1) is 0 Å². The van der Waals surface area contributed by atoms with Gasteiger partial charge in [0.25, 0.3) is 0 Å². The summed E-state index contributed by atoms with van der Waals surface area (Å²) in [6.07, 6.45) is 5.26. The van der Waals surface area contributed by atoms with Crippen molar-refractivity contribution in [1.29, 1.82) is 0 Å². The van der Waals surface area contributed by atoms with Crippen molar-refractivity contribution < 1.29 is 18.4 Å². The van der Waals surface area contributed by atoms with Gasteiger partial charge in [0.2, 0.25) is 11.8 Å². The van der Waals surface area contributed by atoms with E-state index in [4.69, 9.17) is 4.42 Å². The summed E-state index contributed by atoms with van der Waals surface area (Å²) >= 11 is 0. The van der Waals surface area contributed by atoms with Crippen LogP contribution in [0.5, 0.6) is 0 Å². The predicted octanol–water partition coefficient (Wildman–Crippen LogP) is 2.45. The molecular weight excluding hydrogens is 363 g/mol. The van der Waals surface area contributed by atoms with Crippen molar-refractivity contribution >= 4 is 17.5 Å². The first-order chi connectivity index (χ1) is 13.6. The van der Waals surface area contributed by atoms with E-state index < -0.39 is 11.7 Å². The molecular formula is C20H19FN4O3. The van der Waals surface area contributed by atoms with Crippen LogP contribution < -0.4 is 10.2 Å². The Hall–Kier alpha value is -3.42. The minimum atomic E-state index is -0.452. The molecule has 2 aromatic heterocycles. The molecule has 28 heavy (non-hydrogen) atoms. The molecule has 1 atom stereocenters. The third-order valence-corrected chi connectivity index (χ3v) is 4.69. The van der Waals surface area contributed by atoms with Gasteiger partial charge in [-0.05, 0) is 30.3 Å². The molecule has 7 nitrogen and oxygen atoms in total. The van der Waals surface area contributed by atoms with Crippen LogP contribution in [0.2, 0.25) is 0 Å². The topological polar surface area (TPSA) is 80.4 Å². The Kier molecular flexibility index (Phi) is 4.92. The summed E-state index contributed by atoms with van der Waals surface area (Å²) in [5, 5.41) is 7.09. The molecule has 2 amide bonds. The first-order valence-electron chi connectivity index (χ1n) is 9.00. The summed E-state index contributed by atoms with van der Waals surface area (Å²) in [4.78, 5) is 26.1. The number of furan rings is 1. The summed E-state index contributed by atoms with van der Waals surface area (Å²) < 4.78 is 20.4. The Labute approximate surface area is 160 Å². The molecule has 0 radical (unpaired) electrons. The Morgan fingerprint density at radius 2 is 2.21 bits per heavy atom. The van der Waals surface area contributed by atoms with Crippen molar-refractivity contribution in [3.8, 4) is 11.3 Å². The van der Waals surface area contributed by atoms with Crippen molar-refractivity contribution in [2.45, 2.75) is 13.0 Å². The molecule has 1 aliphatic heterocycles. The molecule has 8 heteroatoms. The molecule has 1 aromatic carbocycles. The summed E-state index contributed by atoms with van der Waals surface area (Å²) in [7, 11) is 0. The number of aromatic nitrogens is 2. The maximum Gasteiger partial charge on any atom is 0.227 e. The zero-order valence-electron chi connectivity index (χ0n) is 15.0. The monoisotopic (exact) mass is 382 g/mol. The second-order valence-corrected chi connectivity index (χ2v) is 6.65. The number of halogens is 1. The van der Waals surface area contributed by atoms with Crippen LogP contribution in [0.4, 0.5) is 10.1 Å². The van der Waals surface area contributed by atoms with Crippen LogP contribution in [0.25, 0.3) is 11.3 Å². The second-order valence-electron chi connectivity index (χ2n) is 6.65. The van der Waals surface area contributed by atoms with E-state index in [1.807, 2.05) is 18.3 Å². The molecule has 4 rings (SSSR count). The summed E-state index contributed by atoms with van der Waals surface area (Å²) in [6.45, 7) is 1.14. The van der Waals surface area contributed by atoms with Gasteiger partial charge in [-0.1, -0.05) is 6.07 Å². The minimum absolute atomic E-state index is 0.118. The average Bonchev–Trinajstić information content (AvgIpc) is 3.42. The van der Waals surface area contributed by atoms with E-state index in [0.717, 1.165) is 11.3 Å². The first kappa shape index (κ1) is 18.0. The van der Waals surface area contributed by atoms with Crippen molar-refractivity contribution in [3.05, 3.63) is 60.9 Å². The maximum atomic E-state index is 13.4. The number of hydrogen-bond acceptors (Lipinski definition) is 4. The SMILES string of the molecule is O=C(NCCn1cc(-c2ccco2)cn1)[C@@H]1CC(=O)N(c2cccc(F)c2)C1. The van der Waals surface area contributed by atoms with Gasteiger partial charge in [-0.25, -0.2) is 4.39 Å². The molecule has 3 aromatic rings. The number of carbonyl (C=O) groups is 2. The number of anilines is 1. The lowest BCUT2D eigenvalue weighted by atomic mass is 10.1. The number of amides is 2. The van der Waals surface area contributed by atoms with E-state index >= 15 is 0 Å². The molecule has 0 bridgehead atoms. The van der Waals surface area contributed by atoms with Crippen LogP contribution in [0.1, 0.15) is 6.42 Å². The average molecular weight is 382 g/mol. The third kappa shape index (κ3) is 3.80. The smallest absolute Gasteiger partial charge is 0.227 e. The number of nitrogens with zero attached hydrogens (tertiary/aromatic N) is 3. The van der Waals surface area contributed by atoms with Crippen molar-refractivity contribution in [1.82, 2.24) is 15.1 Å². The van der Waals surface area contributed by atoms with Crippen molar-refractivity contribution in [2.75, 3.05) is 18.0 Å². The highest BCUT2D eigenvalue weighted by Gasteiger charge is 2.35. The van der Waals surface area contributed by atoms with Gasteiger partial charge in [0.1, 0.15) is 11.6 Å². The van der Waals surface area contributed by atoms with Gasteiger partial charge >= 0.3 is 0 Å². The van der Waals surface area contributed by atoms with Crippen LogP contribution in [0.3, 0.4) is 0 Å². The highest BCUT2D eigenvalue weighted by Crippen LogP contribution is 2.25. The number of rotatable bonds is 6. The van der Waals surface area contributed by atoms with Crippen molar-refractivity contribution in [3.63, 3.8) is 0 Å². The normalized spacial score (nSPS) is 16.5. The first-order valence-corrected chi connectivity index (χ1v) is 9.00. The van der Waals surface area contributed by atoms with Gasteiger partial charge in [0.05, 0.1) is 30.5 Å². The molecule has 0 unspecified atom stereocenters. The lowest BCUT2D eigenvalue weighted by Gasteiger charge is -2.16. The summed E-state index contributed by atoms with van der Waals surface area (Å²) in [5.41, 5.74) is 1.34. The van der Waals surface area contributed by atoms with Gasteiger partial charge in [-0.2, -0.15) is 5.10 Å². The highest BCUT2D eigenvalue weighted by atomic mass is 19.1. The quantitative estimate of drug-likeness (QED) is 0.710. The van der Waals surface area contributed by atoms with E-state index in [1.165, 1.54) is 17.0 Å². The number of hydrogen-bond donors (Lipinski definition) is 1. The largest absolute Gasteiger partial charge is 0.464 e. The lowest BCUT2D eigenvalue weighted by Crippen LogP contribution is -2.34. The minimum Gasteiger partial charge on any atom is -0.464 e. The Morgan fingerprint density at radius 3 is 3.00 bits per heavy atom. The number of carbonyl (C=O) groups excluding carboxylic acids is 2. The molecule has 0 aliphatic carbocycles. The maximum absolute atomic E-state index is 13.4. The molecule has 144 valence electrons. The van der Waals surface area contributed by atoms with Crippen LogP contribution in [0, 0.1) is 11.7 Å². The van der Waals surface area contributed by atoms with Crippen LogP contribution in [0.15, 0.2) is 59.5 Å². The van der Waals surface area contributed by atoms with Gasteiger partial charge in [0, 0.05) is 31.4 Å². The fraction of sp³-hybridized carbons (Fsp3) is 0.250. The zero-order valence-corrected chi connectivity index (χ0v) is 15.0. The fourth-order valence-corrected chi connectivity index (χ4v) is 3.27. The van der Waals surface area contributed by atoms with Crippen LogP contribution in [-0.2, 0) is 16.1 Å². The van der Waals surface area contributed by atoms with E-state index in [2.05, 4.69) is 10.4 Å². The Bertz CT molecular complexity index is 983. The molecule has 1 aliphatic rings. The zero-order chi connectivity index (χ0) is 19.5. The molecule has 1 fully saturated rings. The van der Waals surface area contributed by atoms with Crippen LogP contribution >= 0.6 is 0 Å². The molecule has 1 N–H and O–H groups in total. The lowest BCUT2D eigenvalue weighted by molar-refractivity contribution is -0.126. The molecule has 0 spiro atoms. The van der Waals surface area contributed by atoms with Gasteiger partial charge in [-0.3, -0.25) is 14.3 Å². The standard InChI is InChI=1S/C20H19FN4O3/c21-16-3-1-4-17(10-16)25-13-14(9-19(25)26)20(27)22-6-7-24-12-15(11-23-24)18-5-2-8-28-18/h1-5,8,10-12,14H,6-7,9,13H2,(H,22,27)/t14-/m1/s1.